The predicted molar refractivity (Wildman–Crippen MR) is 49.2 cm³/mol. The lowest BCUT2D eigenvalue weighted by atomic mass is 10.0. The van der Waals surface area contributed by atoms with Crippen LogP contribution in [0.3, 0.4) is 0 Å². The molecule has 1 aromatic carbocycles. The van der Waals surface area contributed by atoms with Crippen LogP contribution in [0.15, 0.2) is 18.2 Å². The van der Waals surface area contributed by atoms with Crippen molar-refractivity contribution in [3.63, 3.8) is 0 Å². The zero-order valence-corrected chi connectivity index (χ0v) is 8.34. The molecule has 0 atom stereocenters. The normalized spacial score (nSPS) is 11.2. The van der Waals surface area contributed by atoms with Gasteiger partial charge in [-0.25, -0.2) is 0 Å². The average molecular weight is 234 g/mol. The molecule has 88 valence electrons. The fourth-order valence-electron chi connectivity index (χ4n) is 1.27. The maximum atomic E-state index is 12.0. The van der Waals surface area contributed by atoms with E-state index in [9.17, 15) is 18.0 Å². The molecule has 0 heterocycles. The van der Waals surface area contributed by atoms with E-state index in [0.717, 1.165) is 6.07 Å². The third-order valence-corrected chi connectivity index (χ3v) is 1.92. The second-order valence-electron chi connectivity index (χ2n) is 3.17. The number of halogens is 3. The quantitative estimate of drug-likeness (QED) is 0.874. The highest BCUT2D eigenvalue weighted by molar-refractivity contribution is 5.72. The predicted octanol–water partition coefficient (Wildman–Crippen LogP) is 2.52. The molecule has 0 fully saturated rings. The molecule has 0 saturated carbocycles. The Morgan fingerprint density at radius 2 is 2.06 bits per heavy atom. The molecule has 0 unspecified atom stereocenters. The molecule has 0 aliphatic heterocycles. The molecule has 0 bridgehead atoms. The lowest BCUT2D eigenvalue weighted by molar-refractivity contribution is -0.274. The van der Waals surface area contributed by atoms with Crippen LogP contribution in [0.2, 0.25) is 0 Å². The van der Waals surface area contributed by atoms with Gasteiger partial charge in [0, 0.05) is 5.56 Å². The Balaban J connectivity index is 3.07. The van der Waals surface area contributed by atoms with Gasteiger partial charge in [0.15, 0.2) is 0 Å². The van der Waals surface area contributed by atoms with Crippen LogP contribution in [0.1, 0.15) is 11.1 Å². The van der Waals surface area contributed by atoms with E-state index < -0.39 is 24.5 Å². The average Bonchev–Trinajstić information content (AvgIpc) is 2.08. The molecule has 1 rings (SSSR count). The Labute approximate surface area is 89.5 Å². The van der Waals surface area contributed by atoms with Gasteiger partial charge < -0.3 is 9.84 Å². The van der Waals surface area contributed by atoms with Gasteiger partial charge in [-0.15, -0.1) is 13.2 Å². The fourth-order valence-corrected chi connectivity index (χ4v) is 1.27. The molecule has 0 aromatic heterocycles. The van der Waals surface area contributed by atoms with Crippen LogP contribution in [0.4, 0.5) is 13.2 Å². The van der Waals surface area contributed by atoms with E-state index in [0.29, 0.717) is 5.56 Å². The van der Waals surface area contributed by atoms with Gasteiger partial charge in [-0.3, -0.25) is 4.79 Å². The number of aliphatic carboxylic acids is 1. The van der Waals surface area contributed by atoms with Gasteiger partial charge in [-0.2, -0.15) is 0 Å². The van der Waals surface area contributed by atoms with Crippen LogP contribution in [-0.2, 0) is 11.2 Å². The van der Waals surface area contributed by atoms with Crippen molar-refractivity contribution in [3.8, 4) is 5.75 Å². The van der Waals surface area contributed by atoms with Gasteiger partial charge in [0.1, 0.15) is 5.75 Å². The van der Waals surface area contributed by atoms with Crippen LogP contribution >= 0.6 is 0 Å². The summed E-state index contributed by atoms with van der Waals surface area (Å²) in [5, 5.41) is 8.58. The van der Waals surface area contributed by atoms with Gasteiger partial charge >= 0.3 is 12.3 Å². The number of rotatable bonds is 3. The van der Waals surface area contributed by atoms with Crippen molar-refractivity contribution in [1.29, 1.82) is 0 Å². The molecule has 0 radical (unpaired) electrons. The Hall–Kier alpha value is -1.72. The summed E-state index contributed by atoms with van der Waals surface area (Å²) in [6, 6.07) is 4.00. The molecule has 16 heavy (non-hydrogen) atoms. The molecule has 0 spiro atoms. The number of hydrogen-bond acceptors (Lipinski definition) is 2. The van der Waals surface area contributed by atoms with E-state index in [1.807, 2.05) is 0 Å². The largest absolute Gasteiger partial charge is 0.573 e. The molecule has 0 aliphatic rings. The topological polar surface area (TPSA) is 46.5 Å². The van der Waals surface area contributed by atoms with Crippen molar-refractivity contribution in [1.82, 2.24) is 0 Å². The summed E-state index contributed by atoms with van der Waals surface area (Å²) in [5.74, 6) is -1.67. The Kier molecular flexibility index (Phi) is 3.41. The first kappa shape index (κ1) is 12.4. The zero-order chi connectivity index (χ0) is 12.3. The fraction of sp³-hybridized carbons (Fsp3) is 0.300. The third-order valence-electron chi connectivity index (χ3n) is 1.92. The maximum Gasteiger partial charge on any atom is 0.573 e. The van der Waals surface area contributed by atoms with Crippen molar-refractivity contribution in [2.75, 3.05) is 0 Å². The molecular formula is C10H9F3O3. The summed E-state index contributed by atoms with van der Waals surface area (Å²) in [4.78, 5) is 10.5. The molecule has 1 N–H and O–H groups in total. The number of alkyl halides is 3. The maximum absolute atomic E-state index is 12.0. The molecular weight excluding hydrogens is 225 g/mol. The molecule has 0 aliphatic carbocycles. The minimum atomic E-state index is -4.82. The smallest absolute Gasteiger partial charge is 0.481 e. The van der Waals surface area contributed by atoms with Gasteiger partial charge in [-0.1, -0.05) is 12.1 Å². The van der Waals surface area contributed by atoms with Crippen molar-refractivity contribution < 1.29 is 27.8 Å². The highest BCUT2D eigenvalue weighted by Gasteiger charge is 2.32. The number of carbonyl (C=O) groups is 1. The summed E-state index contributed by atoms with van der Waals surface area (Å²) < 4.78 is 39.8. The van der Waals surface area contributed by atoms with Gasteiger partial charge in [0.05, 0.1) is 6.42 Å². The lowest BCUT2D eigenvalue weighted by Crippen LogP contribution is -2.19. The van der Waals surface area contributed by atoms with Crippen LogP contribution < -0.4 is 4.74 Å². The van der Waals surface area contributed by atoms with Crippen molar-refractivity contribution >= 4 is 5.97 Å². The molecule has 3 nitrogen and oxygen atoms in total. The van der Waals surface area contributed by atoms with E-state index >= 15 is 0 Å². The number of hydrogen-bond donors (Lipinski definition) is 1. The minimum Gasteiger partial charge on any atom is -0.481 e. The van der Waals surface area contributed by atoms with Crippen LogP contribution in [0, 0.1) is 6.92 Å². The molecule has 0 amide bonds. The van der Waals surface area contributed by atoms with E-state index in [2.05, 4.69) is 4.74 Å². The zero-order valence-electron chi connectivity index (χ0n) is 8.34. The second kappa shape index (κ2) is 4.42. The standard InChI is InChI=1S/C10H9F3O3/c1-6-3-2-4-8(16-10(11,12)13)7(6)5-9(14)15/h2-4H,5H2,1H3,(H,14,15). The van der Waals surface area contributed by atoms with Crippen molar-refractivity contribution in [2.24, 2.45) is 0 Å². The number of benzene rings is 1. The highest BCUT2D eigenvalue weighted by atomic mass is 19.4. The van der Waals surface area contributed by atoms with E-state index in [1.54, 1.807) is 0 Å². The van der Waals surface area contributed by atoms with E-state index in [-0.39, 0.29) is 5.56 Å². The highest BCUT2D eigenvalue weighted by Crippen LogP contribution is 2.28. The van der Waals surface area contributed by atoms with E-state index in [1.165, 1.54) is 19.1 Å². The number of ether oxygens (including phenoxy) is 1. The Bertz CT molecular complexity index is 399. The van der Waals surface area contributed by atoms with E-state index in [4.69, 9.17) is 5.11 Å². The first-order valence-electron chi connectivity index (χ1n) is 4.35. The Morgan fingerprint density at radius 1 is 1.44 bits per heavy atom. The summed E-state index contributed by atoms with van der Waals surface area (Å²) in [7, 11) is 0. The number of carboxylic acids is 1. The second-order valence-corrected chi connectivity index (χ2v) is 3.17. The van der Waals surface area contributed by atoms with Crippen LogP contribution in [0.5, 0.6) is 5.75 Å². The number of aryl methyl sites for hydroxylation is 1. The monoisotopic (exact) mass is 234 g/mol. The summed E-state index contributed by atoms with van der Waals surface area (Å²) >= 11 is 0. The summed E-state index contributed by atoms with van der Waals surface area (Å²) in [6.07, 6.45) is -5.32. The first-order valence-corrected chi connectivity index (χ1v) is 4.35. The van der Waals surface area contributed by atoms with Crippen molar-refractivity contribution in [3.05, 3.63) is 29.3 Å². The van der Waals surface area contributed by atoms with Gasteiger partial charge in [0.25, 0.3) is 0 Å². The SMILES string of the molecule is Cc1cccc(OC(F)(F)F)c1CC(=O)O. The Morgan fingerprint density at radius 3 is 2.56 bits per heavy atom. The van der Waals surface area contributed by atoms with Crippen LogP contribution in [-0.4, -0.2) is 17.4 Å². The summed E-state index contributed by atoms with van der Waals surface area (Å²) in [5.41, 5.74) is 0.483. The van der Waals surface area contributed by atoms with Gasteiger partial charge in [0.2, 0.25) is 0 Å². The molecule has 0 saturated heterocycles. The summed E-state index contributed by atoms with van der Waals surface area (Å²) in [6.45, 7) is 1.53. The third kappa shape index (κ3) is 3.45. The molecule has 6 heteroatoms. The van der Waals surface area contributed by atoms with Crippen molar-refractivity contribution in [2.45, 2.75) is 19.7 Å². The molecule has 1 aromatic rings. The van der Waals surface area contributed by atoms with Gasteiger partial charge in [-0.05, 0) is 18.6 Å². The first-order chi connectivity index (χ1) is 7.29. The minimum absolute atomic E-state index is 0.0346. The number of carboxylic acid groups (broad SMARTS) is 1. The lowest BCUT2D eigenvalue weighted by Gasteiger charge is -2.13. The van der Waals surface area contributed by atoms with Crippen LogP contribution in [0.25, 0.3) is 0 Å².